The summed E-state index contributed by atoms with van der Waals surface area (Å²) in [5.41, 5.74) is -0.478. The minimum absolute atomic E-state index is 0.176. The SMILES string of the molecule is CC1CCC2(CC1)NC(=O)N(CC(=O)Nc1ccc(S(=O)(=O)N3CCCC3)cc1)C2=O. The van der Waals surface area contributed by atoms with Crippen molar-refractivity contribution in [2.75, 3.05) is 25.0 Å². The molecule has 168 valence electrons. The first-order valence-electron chi connectivity index (χ1n) is 10.8. The summed E-state index contributed by atoms with van der Waals surface area (Å²) in [5.74, 6) is -0.337. The van der Waals surface area contributed by atoms with Gasteiger partial charge in [-0.05, 0) is 68.7 Å². The van der Waals surface area contributed by atoms with Gasteiger partial charge in [0.2, 0.25) is 15.9 Å². The van der Waals surface area contributed by atoms with E-state index in [-0.39, 0.29) is 17.3 Å². The lowest BCUT2D eigenvalue weighted by atomic mass is 9.77. The quantitative estimate of drug-likeness (QED) is 0.668. The van der Waals surface area contributed by atoms with Gasteiger partial charge in [-0.25, -0.2) is 13.2 Å². The van der Waals surface area contributed by atoms with Crippen molar-refractivity contribution in [1.82, 2.24) is 14.5 Å². The highest BCUT2D eigenvalue weighted by Gasteiger charge is 2.52. The molecule has 4 amide bonds. The Morgan fingerprint density at radius 2 is 1.74 bits per heavy atom. The second-order valence-corrected chi connectivity index (χ2v) is 10.7. The standard InChI is InChI=1S/C21H28N4O5S/c1-15-8-10-21(11-9-15)19(27)25(20(28)23-21)14-18(26)22-16-4-6-17(7-5-16)31(29,30)24-12-2-3-13-24/h4-7,15H,2-3,8-14H2,1H3,(H,22,26)(H,23,28). The van der Waals surface area contributed by atoms with E-state index in [1.54, 1.807) is 0 Å². The maximum Gasteiger partial charge on any atom is 0.325 e. The van der Waals surface area contributed by atoms with Crippen LogP contribution in [-0.2, 0) is 19.6 Å². The molecule has 3 fully saturated rings. The number of benzene rings is 1. The molecule has 31 heavy (non-hydrogen) atoms. The molecular weight excluding hydrogens is 420 g/mol. The lowest BCUT2D eigenvalue weighted by molar-refractivity contribution is -0.135. The van der Waals surface area contributed by atoms with Crippen molar-refractivity contribution in [2.24, 2.45) is 5.92 Å². The summed E-state index contributed by atoms with van der Waals surface area (Å²) >= 11 is 0. The summed E-state index contributed by atoms with van der Waals surface area (Å²) in [6.45, 7) is 2.79. The molecule has 1 spiro atoms. The van der Waals surface area contributed by atoms with Crippen LogP contribution in [0.1, 0.15) is 45.4 Å². The Morgan fingerprint density at radius 1 is 1.13 bits per heavy atom. The molecule has 0 unspecified atom stereocenters. The maximum absolute atomic E-state index is 12.9. The highest BCUT2D eigenvalue weighted by Crippen LogP contribution is 2.36. The van der Waals surface area contributed by atoms with E-state index in [0.29, 0.717) is 37.5 Å². The molecule has 1 saturated carbocycles. The van der Waals surface area contributed by atoms with E-state index in [2.05, 4.69) is 17.6 Å². The second kappa shape index (κ2) is 8.23. The molecule has 2 N–H and O–H groups in total. The number of urea groups is 1. The number of rotatable bonds is 5. The first-order chi connectivity index (χ1) is 14.7. The number of nitrogens with zero attached hydrogens (tertiary/aromatic N) is 2. The number of carbonyl (C=O) groups excluding carboxylic acids is 3. The Hall–Kier alpha value is -2.46. The van der Waals surface area contributed by atoms with Crippen LogP contribution in [0, 0.1) is 5.92 Å². The molecule has 0 atom stereocenters. The molecule has 0 radical (unpaired) electrons. The number of hydrogen-bond donors (Lipinski definition) is 2. The summed E-state index contributed by atoms with van der Waals surface area (Å²) in [7, 11) is -3.52. The third-order valence-electron chi connectivity index (χ3n) is 6.52. The first kappa shape index (κ1) is 21.8. The van der Waals surface area contributed by atoms with Gasteiger partial charge in [-0.1, -0.05) is 6.92 Å². The molecule has 0 bridgehead atoms. The van der Waals surface area contributed by atoms with Crippen LogP contribution in [0.4, 0.5) is 10.5 Å². The molecule has 2 heterocycles. The molecule has 9 nitrogen and oxygen atoms in total. The van der Waals surface area contributed by atoms with Gasteiger partial charge >= 0.3 is 6.03 Å². The van der Waals surface area contributed by atoms with Gasteiger partial charge in [0.05, 0.1) is 4.90 Å². The van der Waals surface area contributed by atoms with Crippen LogP contribution in [0.5, 0.6) is 0 Å². The van der Waals surface area contributed by atoms with Gasteiger partial charge in [0.25, 0.3) is 5.91 Å². The van der Waals surface area contributed by atoms with E-state index in [1.165, 1.54) is 28.6 Å². The van der Waals surface area contributed by atoms with Crippen LogP contribution in [0.15, 0.2) is 29.2 Å². The van der Waals surface area contributed by atoms with Crippen molar-refractivity contribution in [3.63, 3.8) is 0 Å². The van der Waals surface area contributed by atoms with Crippen molar-refractivity contribution in [2.45, 2.75) is 55.9 Å². The van der Waals surface area contributed by atoms with Gasteiger partial charge in [-0.3, -0.25) is 14.5 Å². The molecule has 3 aliphatic rings. The smallest absolute Gasteiger partial charge is 0.325 e. The van der Waals surface area contributed by atoms with E-state index >= 15 is 0 Å². The normalized spacial score (nSPS) is 27.0. The molecule has 2 aliphatic heterocycles. The Bertz CT molecular complexity index is 978. The number of sulfonamides is 1. The zero-order valence-corrected chi connectivity index (χ0v) is 18.4. The predicted molar refractivity (Wildman–Crippen MR) is 114 cm³/mol. The van der Waals surface area contributed by atoms with E-state index in [4.69, 9.17) is 0 Å². The molecule has 10 heteroatoms. The van der Waals surface area contributed by atoms with E-state index < -0.39 is 27.5 Å². The van der Waals surface area contributed by atoms with E-state index in [9.17, 15) is 22.8 Å². The molecule has 2 saturated heterocycles. The lowest BCUT2D eigenvalue weighted by Gasteiger charge is -2.33. The molecule has 0 aromatic heterocycles. The third-order valence-corrected chi connectivity index (χ3v) is 8.43. The van der Waals surface area contributed by atoms with Crippen LogP contribution in [0.2, 0.25) is 0 Å². The van der Waals surface area contributed by atoms with Crippen LogP contribution >= 0.6 is 0 Å². The van der Waals surface area contributed by atoms with Crippen molar-refractivity contribution in [1.29, 1.82) is 0 Å². The van der Waals surface area contributed by atoms with Gasteiger partial charge in [-0.15, -0.1) is 0 Å². The fraction of sp³-hybridized carbons (Fsp3) is 0.571. The largest absolute Gasteiger partial charge is 0.325 e. The van der Waals surface area contributed by atoms with Gasteiger partial charge in [0.15, 0.2) is 0 Å². The molecule has 1 aromatic carbocycles. The Morgan fingerprint density at radius 3 is 2.35 bits per heavy atom. The monoisotopic (exact) mass is 448 g/mol. The van der Waals surface area contributed by atoms with E-state index in [1.807, 2.05) is 0 Å². The highest BCUT2D eigenvalue weighted by molar-refractivity contribution is 7.89. The summed E-state index contributed by atoms with van der Waals surface area (Å²) in [5, 5.41) is 5.43. The Labute approximate surface area is 182 Å². The zero-order valence-electron chi connectivity index (χ0n) is 17.6. The average Bonchev–Trinajstić information content (AvgIpc) is 3.36. The molecule has 1 aromatic rings. The topological polar surface area (TPSA) is 116 Å². The second-order valence-electron chi connectivity index (χ2n) is 8.77. The number of hydrogen-bond acceptors (Lipinski definition) is 5. The van der Waals surface area contributed by atoms with Gasteiger partial charge < -0.3 is 10.6 Å². The van der Waals surface area contributed by atoms with Crippen LogP contribution in [0.25, 0.3) is 0 Å². The summed E-state index contributed by atoms with van der Waals surface area (Å²) < 4.78 is 26.6. The van der Waals surface area contributed by atoms with Crippen molar-refractivity contribution < 1.29 is 22.8 Å². The summed E-state index contributed by atoms with van der Waals surface area (Å²) in [6, 6.07) is 5.39. The number of nitrogens with one attached hydrogen (secondary N) is 2. The Kier molecular flexibility index (Phi) is 5.78. The van der Waals surface area contributed by atoms with Gasteiger partial charge in [0.1, 0.15) is 12.1 Å². The third kappa shape index (κ3) is 4.18. The number of carbonyl (C=O) groups is 3. The average molecular weight is 449 g/mol. The van der Waals surface area contributed by atoms with E-state index in [0.717, 1.165) is 30.6 Å². The minimum Gasteiger partial charge on any atom is -0.325 e. The zero-order chi connectivity index (χ0) is 22.2. The van der Waals surface area contributed by atoms with Crippen LogP contribution in [0.3, 0.4) is 0 Å². The van der Waals surface area contributed by atoms with Crippen LogP contribution in [-0.4, -0.2) is 60.6 Å². The van der Waals surface area contributed by atoms with Crippen molar-refractivity contribution in [3.05, 3.63) is 24.3 Å². The number of amides is 4. The molecule has 4 rings (SSSR count). The fourth-order valence-electron chi connectivity index (χ4n) is 4.55. The first-order valence-corrected chi connectivity index (χ1v) is 12.2. The number of imide groups is 1. The minimum atomic E-state index is -3.52. The Balaban J connectivity index is 1.38. The summed E-state index contributed by atoms with van der Waals surface area (Å²) in [4.78, 5) is 38.8. The maximum atomic E-state index is 12.9. The van der Waals surface area contributed by atoms with Gasteiger partial charge in [0, 0.05) is 18.8 Å². The molecular formula is C21H28N4O5S. The highest BCUT2D eigenvalue weighted by atomic mass is 32.2. The lowest BCUT2D eigenvalue weighted by Crippen LogP contribution is -2.49. The fourth-order valence-corrected chi connectivity index (χ4v) is 6.06. The summed E-state index contributed by atoms with van der Waals surface area (Å²) in [6.07, 6.45) is 4.61. The van der Waals surface area contributed by atoms with Gasteiger partial charge in [-0.2, -0.15) is 4.31 Å². The number of anilines is 1. The van der Waals surface area contributed by atoms with Crippen molar-refractivity contribution >= 4 is 33.6 Å². The molecule has 1 aliphatic carbocycles. The van der Waals surface area contributed by atoms with Crippen LogP contribution < -0.4 is 10.6 Å². The predicted octanol–water partition coefficient (Wildman–Crippen LogP) is 1.91. The van der Waals surface area contributed by atoms with Crippen molar-refractivity contribution in [3.8, 4) is 0 Å².